The van der Waals surface area contributed by atoms with Crippen LogP contribution in [0.15, 0.2) is 29.2 Å². The highest BCUT2D eigenvalue weighted by atomic mass is 32.2. The second kappa shape index (κ2) is 9.29. The van der Waals surface area contributed by atoms with E-state index in [1.807, 2.05) is 13.8 Å². The Morgan fingerprint density at radius 3 is 2.30 bits per heavy atom. The largest absolute Gasteiger partial charge is 0.379 e. The van der Waals surface area contributed by atoms with Gasteiger partial charge in [0.25, 0.3) is 5.91 Å². The van der Waals surface area contributed by atoms with Crippen molar-refractivity contribution in [1.29, 1.82) is 0 Å². The van der Waals surface area contributed by atoms with Crippen LogP contribution in [0.5, 0.6) is 0 Å². The van der Waals surface area contributed by atoms with Gasteiger partial charge in [-0.05, 0) is 45.0 Å². The number of carbonyl (C=O) groups excluding carboxylic acids is 2. The standard InChI is InChI=1S/C18H27N3O5S/c1-4-20(13-17(22)19-14(2)3)18(23)15-5-7-16(8-6-15)27(24,25)21-9-11-26-12-10-21/h5-8,14H,4,9-13H2,1-3H3,(H,19,22). The van der Waals surface area contributed by atoms with Crippen molar-refractivity contribution >= 4 is 21.8 Å². The summed E-state index contributed by atoms with van der Waals surface area (Å²) in [5, 5.41) is 2.75. The zero-order chi connectivity index (χ0) is 20.0. The first-order valence-corrected chi connectivity index (χ1v) is 10.5. The number of nitrogens with one attached hydrogen (secondary N) is 1. The molecular formula is C18H27N3O5S. The van der Waals surface area contributed by atoms with Gasteiger partial charge in [-0.1, -0.05) is 0 Å². The van der Waals surface area contributed by atoms with E-state index in [-0.39, 0.29) is 29.3 Å². The number of amides is 2. The molecule has 1 aromatic rings. The van der Waals surface area contributed by atoms with Crippen molar-refractivity contribution in [3.63, 3.8) is 0 Å². The van der Waals surface area contributed by atoms with Crippen LogP contribution in [0.4, 0.5) is 0 Å². The summed E-state index contributed by atoms with van der Waals surface area (Å²) >= 11 is 0. The molecule has 0 radical (unpaired) electrons. The summed E-state index contributed by atoms with van der Waals surface area (Å²) in [7, 11) is -3.60. The van der Waals surface area contributed by atoms with Gasteiger partial charge in [0.15, 0.2) is 0 Å². The number of nitrogens with zero attached hydrogens (tertiary/aromatic N) is 2. The van der Waals surface area contributed by atoms with Crippen LogP contribution in [-0.2, 0) is 19.6 Å². The minimum absolute atomic E-state index is 0.00372. The van der Waals surface area contributed by atoms with Crippen LogP contribution in [0.1, 0.15) is 31.1 Å². The summed E-state index contributed by atoms with van der Waals surface area (Å²) in [6.45, 7) is 7.21. The first-order chi connectivity index (χ1) is 12.8. The summed E-state index contributed by atoms with van der Waals surface area (Å²) in [6, 6.07) is 5.83. The molecule has 0 aliphatic carbocycles. The average molecular weight is 397 g/mol. The van der Waals surface area contributed by atoms with E-state index in [2.05, 4.69) is 5.32 Å². The highest BCUT2D eigenvalue weighted by Crippen LogP contribution is 2.18. The van der Waals surface area contributed by atoms with E-state index in [4.69, 9.17) is 4.74 Å². The van der Waals surface area contributed by atoms with Gasteiger partial charge >= 0.3 is 0 Å². The molecule has 1 saturated heterocycles. The molecule has 2 rings (SSSR count). The summed E-state index contributed by atoms with van der Waals surface area (Å²) in [5.41, 5.74) is 0.343. The first-order valence-electron chi connectivity index (χ1n) is 9.02. The Morgan fingerprint density at radius 1 is 1.19 bits per heavy atom. The zero-order valence-corrected chi connectivity index (χ0v) is 16.8. The third-order valence-electron chi connectivity index (χ3n) is 4.16. The first kappa shape index (κ1) is 21.3. The normalized spacial score (nSPS) is 15.6. The van der Waals surface area contributed by atoms with Crippen LogP contribution in [0.3, 0.4) is 0 Å². The van der Waals surface area contributed by atoms with Crippen molar-refractivity contribution < 1.29 is 22.7 Å². The lowest BCUT2D eigenvalue weighted by molar-refractivity contribution is -0.122. The molecule has 0 aromatic heterocycles. The molecule has 0 spiro atoms. The van der Waals surface area contributed by atoms with Gasteiger partial charge in [-0.3, -0.25) is 9.59 Å². The number of sulfonamides is 1. The van der Waals surface area contributed by atoms with Gasteiger partial charge in [0.1, 0.15) is 0 Å². The van der Waals surface area contributed by atoms with E-state index in [1.165, 1.54) is 33.5 Å². The second-order valence-electron chi connectivity index (χ2n) is 6.58. The Labute approximate surface area is 160 Å². The van der Waals surface area contributed by atoms with E-state index in [0.717, 1.165) is 0 Å². The van der Waals surface area contributed by atoms with E-state index in [1.54, 1.807) is 6.92 Å². The number of carbonyl (C=O) groups is 2. The van der Waals surface area contributed by atoms with Crippen LogP contribution in [-0.4, -0.2) is 74.9 Å². The number of hydrogen-bond donors (Lipinski definition) is 1. The fraction of sp³-hybridized carbons (Fsp3) is 0.556. The summed E-state index contributed by atoms with van der Waals surface area (Å²) in [5.74, 6) is -0.543. The molecule has 27 heavy (non-hydrogen) atoms. The Bertz CT molecular complexity index is 756. The topological polar surface area (TPSA) is 96.0 Å². The van der Waals surface area contributed by atoms with Gasteiger partial charge in [0.05, 0.1) is 24.7 Å². The average Bonchev–Trinajstić information content (AvgIpc) is 2.65. The molecule has 1 aliphatic heterocycles. The minimum Gasteiger partial charge on any atom is -0.379 e. The monoisotopic (exact) mass is 397 g/mol. The number of morpholine rings is 1. The summed E-state index contributed by atoms with van der Waals surface area (Å²) < 4.78 is 31.8. The summed E-state index contributed by atoms with van der Waals surface area (Å²) in [4.78, 5) is 26.1. The van der Waals surface area contributed by atoms with Crippen molar-refractivity contribution in [3.8, 4) is 0 Å². The van der Waals surface area contributed by atoms with Gasteiger partial charge < -0.3 is 15.0 Å². The van der Waals surface area contributed by atoms with E-state index in [9.17, 15) is 18.0 Å². The van der Waals surface area contributed by atoms with Crippen LogP contribution < -0.4 is 5.32 Å². The minimum atomic E-state index is -3.60. The maximum atomic E-state index is 12.6. The Hall–Kier alpha value is -1.97. The van der Waals surface area contributed by atoms with Crippen LogP contribution in [0.2, 0.25) is 0 Å². The molecule has 0 bridgehead atoms. The van der Waals surface area contributed by atoms with Crippen molar-refractivity contribution in [3.05, 3.63) is 29.8 Å². The molecule has 1 fully saturated rings. The van der Waals surface area contributed by atoms with Gasteiger partial charge in [-0.2, -0.15) is 4.31 Å². The molecule has 9 heteroatoms. The van der Waals surface area contributed by atoms with E-state index in [0.29, 0.717) is 38.4 Å². The smallest absolute Gasteiger partial charge is 0.254 e. The van der Waals surface area contributed by atoms with Crippen LogP contribution in [0.25, 0.3) is 0 Å². The maximum Gasteiger partial charge on any atom is 0.254 e. The molecule has 0 unspecified atom stereocenters. The highest BCUT2D eigenvalue weighted by molar-refractivity contribution is 7.89. The lowest BCUT2D eigenvalue weighted by Gasteiger charge is -2.26. The van der Waals surface area contributed by atoms with Crippen molar-refractivity contribution in [2.75, 3.05) is 39.4 Å². The molecule has 0 saturated carbocycles. The lowest BCUT2D eigenvalue weighted by Crippen LogP contribution is -2.42. The predicted octanol–water partition coefficient (Wildman–Crippen LogP) is 0.694. The molecule has 1 heterocycles. The Morgan fingerprint density at radius 2 is 1.78 bits per heavy atom. The molecule has 150 valence electrons. The molecule has 1 N–H and O–H groups in total. The van der Waals surface area contributed by atoms with E-state index < -0.39 is 10.0 Å². The van der Waals surface area contributed by atoms with Gasteiger partial charge in [-0.15, -0.1) is 0 Å². The van der Waals surface area contributed by atoms with Crippen LogP contribution in [0, 0.1) is 0 Å². The fourth-order valence-electron chi connectivity index (χ4n) is 2.76. The molecule has 1 aromatic carbocycles. The third-order valence-corrected chi connectivity index (χ3v) is 6.08. The number of likely N-dealkylation sites (N-methyl/N-ethyl adjacent to an activating group) is 1. The zero-order valence-electron chi connectivity index (χ0n) is 16.0. The Kier molecular flexibility index (Phi) is 7.34. The SMILES string of the molecule is CCN(CC(=O)NC(C)C)C(=O)c1ccc(S(=O)(=O)N2CCOCC2)cc1. The van der Waals surface area contributed by atoms with Crippen molar-refractivity contribution in [2.45, 2.75) is 31.7 Å². The molecule has 2 amide bonds. The number of benzene rings is 1. The van der Waals surface area contributed by atoms with Gasteiger partial charge in [0, 0.05) is 31.2 Å². The van der Waals surface area contributed by atoms with Crippen molar-refractivity contribution in [2.24, 2.45) is 0 Å². The summed E-state index contributed by atoms with van der Waals surface area (Å²) in [6.07, 6.45) is 0. The molecule has 0 atom stereocenters. The number of ether oxygens (including phenoxy) is 1. The van der Waals surface area contributed by atoms with Crippen molar-refractivity contribution in [1.82, 2.24) is 14.5 Å². The van der Waals surface area contributed by atoms with E-state index >= 15 is 0 Å². The predicted molar refractivity (Wildman–Crippen MR) is 101 cm³/mol. The number of hydrogen-bond acceptors (Lipinski definition) is 5. The lowest BCUT2D eigenvalue weighted by atomic mass is 10.2. The quantitative estimate of drug-likeness (QED) is 0.730. The van der Waals surface area contributed by atoms with Crippen LogP contribution >= 0.6 is 0 Å². The maximum absolute atomic E-state index is 12.6. The second-order valence-corrected chi connectivity index (χ2v) is 8.52. The molecule has 8 nitrogen and oxygen atoms in total. The van der Waals surface area contributed by atoms with Gasteiger partial charge in [0.2, 0.25) is 15.9 Å². The molecule has 1 aliphatic rings. The van der Waals surface area contributed by atoms with Gasteiger partial charge in [-0.25, -0.2) is 8.42 Å². The molecular weight excluding hydrogens is 370 g/mol. The number of rotatable bonds is 7. The third kappa shape index (κ3) is 5.50. The highest BCUT2D eigenvalue weighted by Gasteiger charge is 2.26. The Balaban J connectivity index is 2.10. The fourth-order valence-corrected chi connectivity index (χ4v) is 4.16.